The van der Waals surface area contributed by atoms with Gasteiger partial charge in [-0.2, -0.15) is 13.2 Å². The number of ether oxygens (including phenoxy) is 1. The predicted molar refractivity (Wildman–Crippen MR) is 136 cm³/mol. The van der Waals surface area contributed by atoms with Gasteiger partial charge in [-0.05, 0) is 43.2 Å². The molecule has 2 aliphatic heterocycles. The number of nitrogens with zero attached hydrogens (tertiary/aromatic N) is 4. The summed E-state index contributed by atoms with van der Waals surface area (Å²) in [6.45, 7) is 3.35. The molecule has 0 atom stereocenters. The number of piperazine rings is 1. The summed E-state index contributed by atoms with van der Waals surface area (Å²) in [6.07, 6.45) is -3.93. The number of alkyl halides is 3. The molecule has 2 fully saturated rings. The molecule has 2 aromatic rings. The normalized spacial score (nSPS) is 16.9. The number of benzene rings is 2. The van der Waals surface area contributed by atoms with E-state index in [0.717, 1.165) is 17.8 Å². The molecule has 0 N–H and O–H groups in total. The Bertz CT molecular complexity index is 1100. The van der Waals surface area contributed by atoms with Crippen molar-refractivity contribution in [1.82, 2.24) is 4.90 Å². The van der Waals surface area contributed by atoms with E-state index in [1.165, 1.54) is 6.07 Å². The molecule has 0 spiro atoms. The lowest BCUT2D eigenvalue weighted by Gasteiger charge is -2.37. The smallest absolute Gasteiger partial charge is 0.371 e. The topological polar surface area (TPSA) is 79.2 Å². The molecule has 2 heterocycles. The van der Waals surface area contributed by atoms with E-state index in [9.17, 15) is 28.1 Å². The third kappa shape index (κ3) is 7.04. The number of amides is 1. The van der Waals surface area contributed by atoms with Crippen LogP contribution in [0.3, 0.4) is 0 Å². The molecule has 1 amide bonds. The fourth-order valence-corrected chi connectivity index (χ4v) is 4.74. The summed E-state index contributed by atoms with van der Waals surface area (Å²) in [5, 5.41) is 11.6. The van der Waals surface area contributed by atoms with Gasteiger partial charge in [0.1, 0.15) is 12.2 Å². The number of halogens is 4. The first-order valence-electron chi connectivity index (χ1n) is 11.6. The first kappa shape index (κ1) is 28.5. The Morgan fingerprint density at radius 3 is 2.22 bits per heavy atom. The van der Waals surface area contributed by atoms with Crippen LogP contribution in [-0.2, 0) is 15.7 Å². The van der Waals surface area contributed by atoms with Crippen LogP contribution in [-0.4, -0.2) is 67.7 Å². The Balaban J connectivity index is 0.00000380. The fraction of sp³-hybridized carbons (Fsp3) is 0.480. The summed E-state index contributed by atoms with van der Waals surface area (Å²) in [7, 11) is 0. The fourth-order valence-electron chi connectivity index (χ4n) is 4.55. The van der Waals surface area contributed by atoms with Gasteiger partial charge >= 0.3 is 6.18 Å². The van der Waals surface area contributed by atoms with E-state index in [2.05, 4.69) is 4.90 Å². The van der Waals surface area contributed by atoms with E-state index in [1.807, 2.05) is 24.3 Å². The van der Waals surface area contributed by atoms with E-state index >= 15 is 0 Å². The minimum absolute atomic E-state index is 0. The number of nitro groups is 1. The predicted octanol–water partition coefficient (Wildman–Crippen LogP) is 5.24. The van der Waals surface area contributed by atoms with Gasteiger partial charge in [0.25, 0.3) is 5.69 Å². The first-order chi connectivity index (χ1) is 17.1. The van der Waals surface area contributed by atoms with Crippen LogP contribution in [0.2, 0.25) is 5.02 Å². The maximum Gasteiger partial charge on any atom is 0.423 e. The molecule has 2 saturated heterocycles. The summed E-state index contributed by atoms with van der Waals surface area (Å²) >= 11 is 6.06. The highest BCUT2D eigenvalue weighted by Gasteiger charge is 2.39. The van der Waals surface area contributed by atoms with Gasteiger partial charge in [-0.3, -0.25) is 14.9 Å². The van der Waals surface area contributed by atoms with Crippen LogP contribution in [0.25, 0.3) is 0 Å². The molecule has 0 saturated carbocycles. The zero-order valence-electron chi connectivity index (χ0n) is 19.4. The number of rotatable bonds is 6. The summed E-state index contributed by atoms with van der Waals surface area (Å²) in [4.78, 5) is 28.3. The first-order valence-corrected chi connectivity index (χ1v) is 12.0. The van der Waals surface area contributed by atoms with Crippen molar-refractivity contribution in [3.05, 3.63) is 63.2 Å². The molecule has 202 valence electrons. The third-order valence-electron chi connectivity index (χ3n) is 6.54. The molecule has 0 aliphatic carbocycles. The van der Waals surface area contributed by atoms with Crippen molar-refractivity contribution in [2.24, 2.45) is 0 Å². The minimum Gasteiger partial charge on any atom is -0.371 e. The van der Waals surface area contributed by atoms with Crippen molar-refractivity contribution in [3.63, 3.8) is 0 Å². The van der Waals surface area contributed by atoms with Gasteiger partial charge in [0.15, 0.2) is 0 Å². The van der Waals surface area contributed by atoms with Crippen molar-refractivity contribution in [2.45, 2.75) is 32.5 Å². The maximum atomic E-state index is 13.3. The standard InChI is InChI=1S/C24H26ClF3N4O4.CH4/c25-17-2-1-3-18(14-17)30-10-12-31(13-11-30)23(33)16-36-20-6-8-29(9-7-20)19-4-5-22(32(34)35)21(15-19)24(26,27)28;/h1-5,14-15,20H,6-13,16H2;1H4. The second-order valence-electron chi connectivity index (χ2n) is 8.80. The van der Waals surface area contributed by atoms with Crippen molar-refractivity contribution in [1.29, 1.82) is 0 Å². The van der Waals surface area contributed by atoms with Gasteiger partial charge in [-0.25, -0.2) is 0 Å². The lowest BCUT2D eigenvalue weighted by atomic mass is 10.1. The lowest BCUT2D eigenvalue weighted by molar-refractivity contribution is -0.388. The van der Waals surface area contributed by atoms with Crippen LogP contribution in [0.15, 0.2) is 42.5 Å². The number of anilines is 2. The lowest BCUT2D eigenvalue weighted by Crippen LogP contribution is -2.50. The van der Waals surface area contributed by atoms with Crippen molar-refractivity contribution >= 4 is 34.6 Å². The Labute approximate surface area is 218 Å². The number of piperidine rings is 1. The molecule has 2 aliphatic rings. The summed E-state index contributed by atoms with van der Waals surface area (Å²) in [5.74, 6) is -0.0895. The highest BCUT2D eigenvalue weighted by Crippen LogP contribution is 2.38. The van der Waals surface area contributed by atoms with E-state index < -0.39 is 22.4 Å². The molecule has 8 nitrogen and oxygen atoms in total. The monoisotopic (exact) mass is 542 g/mol. The Hall–Kier alpha value is -3.05. The molecule has 37 heavy (non-hydrogen) atoms. The van der Waals surface area contributed by atoms with E-state index in [-0.39, 0.29) is 31.7 Å². The molecular weight excluding hydrogens is 513 g/mol. The molecule has 0 unspecified atom stereocenters. The van der Waals surface area contributed by atoms with Crippen LogP contribution in [0.4, 0.5) is 30.2 Å². The summed E-state index contributed by atoms with van der Waals surface area (Å²) in [6, 6.07) is 10.6. The minimum atomic E-state index is -4.82. The molecule has 2 aromatic carbocycles. The number of hydrogen-bond donors (Lipinski definition) is 0. The molecule has 0 aromatic heterocycles. The van der Waals surface area contributed by atoms with E-state index in [1.54, 1.807) is 9.80 Å². The number of carbonyl (C=O) groups excluding carboxylic acids is 1. The van der Waals surface area contributed by atoms with Gasteiger partial charge in [-0.15, -0.1) is 0 Å². The molecule has 12 heteroatoms. The van der Waals surface area contributed by atoms with Crippen LogP contribution >= 0.6 is 11.6 Å². The van der Waals surface area contributed by atoms with Gasteiger partial charge in [0, 0.05) is 61.7 Å². The highest BCUT2D eigenvalue weighted by molar-refractivity contribution is 6.30. The Morgan fingerprint density at radius 2 is 1.62 bits per heavy atom. The van der Waals surface area contributed by atoms with E-state index in [0.29, 0.717) is 57.1 Å². The van der Waals surface area contributed by atoms with Crippen LogP contribution in [0.5, 0.6) is 0 Å². The molecule has 0 bridgehead atoms. The molecule has 0 radical (unpaired) electrons. The van der Waals surface area contributed by atoms with Gasteiger partial charge in [-0.1, -0.05) is 25.1 Å². The van der Waals surface area contributed by atoms with Crippen molar-refractivity contribution in [2.75, 3.05) is 55.7 Å². The summed E-state index contributed by atoms with van der Waals surface area (Å²) < 4.78 is 45.7. The number of carbonyl (C=O) groups is 1. The average molecular weight is 543 g/mol. The van der Waals surface area contributed by atoms with Gasteiger partial charge in [0.2, 0.25) is 5.91 Å². The molecular formula is C25H30ClF3N4O4. The molecule has 4 rings (SSSR count). The summed E-state index contributed by atoms with van der Waals surface area (Å²) in [5.41, 5.74) is -0.922. The quantitative estimate of drug-likeness (QED) is 0.367. The Morgan fingerprint density at radius 1 is 1.00 bits per heavy atom. The van der Waals surface area contributed by atoms with Gasteiger partial charge < -0.3 is 19.4 Å². The third-order valence-corrected chi connectivity index (χ3v) is 6.77. The second kappa shape index (κ2) is 12.0. The zero-order valence-corrected chi connectivity index (χ0v) is 20.2. The Kier molecular flexibility index (Phi) is 9.25. The maximum absolute atomic E-state index is 13.3. The second-order valence-corrected chi connectivity index (χ2v) is 9.24. The van der Waals surface area contributed by atoms with Crippen LogP contribution in [0.1, 0.15) is 25.8 Å². The SMILES string of the molecule is C.O=C(COC1CCN(c2ccc([N+](=O)[O-])c(C(F)(F)F)c2)CC1)N1CCN(c2cccc(Cl)c2)CC1. The van der Waals surface area contributed by atoms with Gasteiger partial charge in [0.05, 0.1) is 11.0 Å². The van der Waals surface area contributed by atoms with Crippen LogP contribution < -0.4 is 9.80 Å². The largest absolute Gasteiger partial charge is 0.423 e. The number of nitro benzene ring substituents is 1. The average Bonchev–Trinajstić information content (AvgIpc) is 2.87. The van der Waals surface area contributed by atoms with Crippen molar-refractivity contribution < 1.29 is 27.6 Å². The number of hydrogen-bond acceptors (Lipinski definition) is 6. The van der Waals surface area contributed by atoms with Crippen molar-refractivity contribution in [3.8, 4) is 0 Å². The highest BCUT2D eigenvalue weighted by atomic mass is 35.5. The zero-order chi connectivity index (χ0) is 25.9. The van der Waals surface area contributed by atoms with E-state index in [4.69, 9.17) is 16.3 Å². The van der Waals surface area contributed by atoms with Crippen LogP contribution in [0, 0.1) is 10.1 Å².